The van der Waals surface area contributed by atoms with Crippen LogP contribution in [0.4, 0.5) is 0 Å². The molecule has 13 heteroatoms. The third kappa shape index (κ3) is 8.32. The fourth-order valence-corrected chi connectivity index (χ4v) is 9.80. The van der Waals surface area contributed by atoms with Crippen molar-refractivity contribution in [1.29, 1.82) is 0 Å². The standard InChI is InChI=1S/C37H26O7S6/c38-29-17-28(43-16-15-42-27-11-5-24(6-12-27)34-21-36(46)50-48-34)18-32-37(29)30(39)19-31(44-32)22-1-7-25(8-2-22)40-13-14-41-26-9-3-23(4-10-26)33-20-35(45)49-47-33/h1-12,17-21,38H,13-16H2. The predicted molar refractivity (Wildman–Crippen MR) is 208 cm³/mol. The zero-order valence-electron chi connectivity index (χ0n) is 26.0. The predicted octanol–water partition coefficient (Wildman–Crippen LogP) is 11.1. The molecule has 7 nitrogen and oxygen atoms in total. The van der Waals surface area contributed by atoms with Crippen molar-refractivity contribution in [3.8, 4) is 61.0 Å². The number of ether oxygens (including phenoxy) is 4. The van der Waals surface area contributed by atoms with Crippen LogP contribution in [0, 0.1) is 7.65 Å². The van der Waals surface area contributed by atoms with Gasteiger partial charge in [0.05, 0.1) is 0 Å². The number of aromatic hydroxyl groups is 1. The Morgan fingerprint density at radius 2 is 0.980 bits per heavy atom. The Morgan fingerprint density at radius 1 is 0.540 bits per heavy atom. The monoisotopic (exact) mass is 774 g/mol. The summed E-state index contributed by atoms with van der Waals surface area (Å²) >= 11 is 10.5. The lowest BCUT2D eigenvalue weighted by molar-refractivity contribution is 0.217. The summed E-state index contributed by atoms with van der Waals surface area (Å²) in [6.07, 6.45) is 0. The molecule has 0 unspecified atom stereocenters. The van der Waals surface area contributed by atoms with Gasteiger partial charge in [0.15, 0.2) is 5.43 Å². The molecule has 7 aromatic rings. The lowest BCUT2D eigenvalue weighted by Gasteiger charge is -2.11. The summed E-state index contributed by atoms with van der Waals surface area (Å²) < 4.78 is 31.1. The number of benzene rings is 4. The van der Waals surface area contributed by atoms with Gasteiger partial charge in [0.2, 0.25) is 0 Å². The number of hydrogen-bond donors (Lipinski definition) is 1. The molecule has 0 aliphatic rings. The first-order valence-corrected chi connectivity index (χ1v) is 20.3. The Labute approximate surface area is 311 Å². The summed E-state index contributed by atoms with van der Waals surface area (Å²) in [4.78, 5) is 15.2. The minimum atomic E-state index is -0.365. The van der Waals surface area contributed by atoms with E-state index in [0.29, 0.717) is 41.8 Å². The second-order valence-electron chi connectivity index (χ2n) is 10.7. The van der Waals surface area contributed by atoms with E-state index in [0.717, 1.165) is 34.3 Å². The van der Waals surface area contributed by atoms with Gasteiger partial charge in [0, 0.05) is 33.5 Å². The van der Waals surface area contributed by atoms with Crippen LogP contribution in [0.1, 0.15) is 0 Å². The van der Waals surface area contributed by atoms with Gasteiger partial charge in [-0.25, -0.2) is 0 Å². The third-order valence-corrected chi connectivity index (χ3v) is 13.2. The largest absolute Gasteiger partial charge is 0.507 e. The molecule has 0 aliphatic carbocycles. The van der Waals surface area contributed by atoms with Crippen molar-refractivity contribution in [3.05, 3.63) is 121 Å². The average molecular weight is 775 g/mol. The highest BCUT2D eigenvalue weighted by molar-refractivity contribution is 7.80. The van der Waals surface area contributed by atoms with E-state index in [2.05, 4.69) is 0 Å². The van der Waals surface area contributed by atoms with Crippen molar-refractivity contribution in [3.63, 3.8) is 0 Å². The zero-order chi connectivity index (χ0) is 34.5. The van der Waals surface area contributed by atoms with E-state index in [1.807, 2.05) is 60.7 Å². The van der Waals surface area contributed by atoms with Crippen molar-refractivity contribution in [1.82, 2.24) is 0 Å². The van der Waals surface area contributed by atoms with E-state index in [1.54, 1.807) is 71.7 Å². The molecule has 1 N–H and O–H groups in total. The summed E-state index contributed by atoms with van der Waals surface area (Å²) in [5.74, 6) is 2.60. The van der Waals surface area contributed by atoms with Crippen LogP contribution in [0.5, 0.6) is 28.7 Å². The summed E-state index contributed by atoms with van der Waals surface area (Å²) in [6.45, 7) is 1.22. The van der Waals surface area contributed by atoms with E-state index >= 15 is 0 Å². The van der Waals surface area contributed by atoms with Gasteiger partial charge in [-0.05, 0) is 96.1 Å². The molecule has 0 bridgehead atoms. The average Bonchev–Trinajstić information content (AvgIpc) is 3.77. The first-order valence-electron chi connectivity index (χ1n) is 15.2. The van der Waals surface area contributed by atoms with Crippen LogP contribution >= 0.6 is 65.8 Å². The lowest BCUT2D eigenvalue weighted by atomic mass is 10.1. The van der Waals surface area contributed by atoms with Gasteiger partial charge in [-0.1, -0.05) is 65.8 Å². The van der Waals surface area contributed by atoms with Gasteiger partial charge >= 0.3 is 0 Å². The number of fused-ring (bicyclic) bond motifs is 1. The van der Waals surface area contributed by atoms with Crippen LogP contribution in [0.15, 0.2) is 112 Å². The first-order chi connectivity index (χ1) is 24.4. The van der Waals surface area contributed by atoms with Gasteiger partial charge in [0.1, 0.15) is 79.6 Å². The highest BCUT2D eigenvalue weighted by Gasteiger charge is 2.14. The van der Waals surface area contributed by atoms with E-state index in [-0.39, 0.29) is 35.4 Å². The maximum Gasteiger partial charge on any atom is 0.197 e. The van der Waals surface area contributed by atoms with E-state index in [1.165, 1.54) is 12.1 Å². The SMILES string of the molecule is O=c1cc(-c2ccc(OCCOc3ccc(-c4cc(=S)ss4)cc3)cc2)oc2cc(OCCOc3ccc(-c4cc(=S)ss4)cc3)cc(O)c12. The van der Waals surface area contributed by atoms with Crippen LogP contribution in [0.3, 0.4) is 0 Å². The molecule has 3 aromatic heterocycles. The Bertz CT molecular complexity index is 2400. The molecule has 3 heterocycles. The van der Waals surface area contributed by atoms with Crippen molar-refractivity contribution in [2.75, 3.05) is 26.4 Å². The molecule has 7 rings (SSSR count). The maximum absolute atomic E-state index is 13.0. The van der Waals surface area contributed by atoms with E-state index in [9.17, 15) is 9.90 Å². The molecule has 252 valence electrons. The number of phenols is 1. The third-order valence-electron chi connectivity index (χ3n) is 7.37. The summed E-state index contributed by atoms with van der Waals surface area (Å²) in [5.41, 5.74) is 2.72. The minimum Gasteiger partial charge on any atom is -0.507 e. The summed E-state index contributed by atoms with van der Waals surface area (Å²) in [6, 6.07) is 31.3. The highest BCUT2D eigenvalue weighted by atomic mass is 32.9. The molecule has 0 fully saturated rings. The molecule has 4 aromatic carbocycles. The quantitative estimate of drug-likeness (QED) is 0.0699. The zero-order valence-corrected chi connectivity index (χ0v) is 30.9. The fourth-order valence-electron chi connectivity index (χ4n) is 5.00. The second-order valence-corrected chi connectivity index (χ2v) is 16.6. The Balaban J connectivity index is 0.923. The topological polar surface area (TPSA) is 87.4 Å². The summed E-state index contributed by atoms with van der Waals surface area (Å²) in [5, 5.41) is 10.7. The molecular weight excluding hydrogens is 749 g/mol. The molecule has 0 atom stereocenters. The fraction of sp³-hybridized carbons (Fsp3) is 0.108. The maximum atomic E-state index is 13.0. The van der Waals surface area contributed by atoms with E-state index in [4.69, 9.17) is 47.8 Å². The van der Waals surface area contributed by atoms with Crippen molar-refractivity contribution in [2.45, 2.75) is 0 Å². The van der Waals surface area contributed by atoms with Crippen LogP contribution in [0.25, 0.3) is 43.2 Å². The van der Waals surface area contributed by atoms with Gasteiger partial charge in [-0.2, -0.15) is 0 Å². The van der Waals surface area contributed by atoms with Crippen LogP contribution in [-0.4, -0.2) is 31.5 Å². The second kappa shape index (κ2) is 15.7. The van der Waals surface area contributed by atoms with Crippen LogP contribution < -0.4 is 24.4 Å². The molecule has 0 saturated heterocycles. The van der Waals surface area contributed by atoms with Gasteiger partial charge < -0.3 is 28.5 Å². The lowest BCUT2D eigenvalue weighted by Crippen LogP contribution is -2.09. The summed E-state index contributed by atoms with van der Waals surface area (Å²) in [7, 11) is 6.49. The molecule has 0 spiro atoms. The molecular formula is C37H26O7S6. The normalized spacial score (nSPS) is 11.0. The number of hydrogen-bond acceptors (Lipinski definition) is 13. The molecule has 0 radical (unpaired) electrons. The van der Waals surface area contributed by atoms with E-state index < -0.39 is 0 Å². The van der Waals surface area contributed by atoms with Gasteiger partial charge in [-0.3, -0.25) is 4.79 Å². The van der Waals surface area contributed by atoms with Crippen LogP contribution in [-0.2, 0) is 0 Å². The van der Waals surface area contributed by atoms with Crippen molar-refractivity contribution < 1.29 is 28.5 Å². The number of phenolic OH excluding ortho intramolecular Hbond substituents is 1. The minimum absolute atomic E-state index is 0.0827. The first kappa shape index (κ1) is 34.1. The molecule has 50 heavy (non-hydrogen) atoms. The Hall–Kier alpha value is -4.37. The van der Waals surface area contributed by atoms with Gasteiger partial charge in [-0.15, -0.1) is 0 Å². The van der Waals surface area contributed by atoms with Crippen molar-refractivity contribution in [2.24, 2.45) is 0 Å². The van der Waals surface area contributed by atoms with Gasteiger partial charge in [0.25, 0.3) is 0 Å². The smallest absolute Gasteiger partial charge is 0.197 e. The van der Waals surface area contributed by atoms with Crippen molar-refractivity contribution >= 4 is 76.8 Å². The molecule has 0 saturated carbocycles. The molecule has 0 amide bonds. The Kier molecular flexibility index (Phi) is 10.7. The molecule has 0 aliphatic heterocycles. The number of rotatable bonds is 13. The highest BCUT2D eigenvalue weighted by Crippen LogP contribution is 2.33. The van der Waals surface area contributed by atoms with Crippen LogP contribution in [0.2, 0.25) is 0 Å². The Morgan fingerprint density at radius 3 is 1.42 bits per heavy atom.